The summed E-state index contributed by atoms with van der Waals surface area (Å²) in [5, 5.41) is 2.89. The lowest BCUT2D eigenvalue weighted by atomic mass is 10.2. The second-order valence-corrected chi connectivity index (χ2v) is 5.51. The number of fused-ring (bicyclic) bond motifs is 1. The van der Waals surface area contributed by atoms with E-state index in [4.69, 9.17) is 14.2 Å². The molecule has 6 nitrogen and oxygen atoms in total. The molecule has 0 spiro atoms. The maximum atomic E-state index is 12.7. The number of benzene rings is 2. The Morgan fingerprint density at radius 2 is 1.92 bits per heavy atom. The van der Waals surface area contributed by atoms with Crippen LogP contribution >= 0.6 is 0 Å². The fourth-order valence-electron chi connectivity index (χ4n) is 2.69. The Morgan fingerprint density at radius 3 is 2.67 bits per heavy atom. The van der Waals surface area contributed by atoms with Crippen molar-refractivity contribution in [3.05, 3.63) is 42.5 Å². The zero-order chi connectivity index (χ0) is 17.1. The van der Waals surface area contributed by atoms with Crippen molar-refractivity contribution in [3.8, 4) is 17.2 Å². The molecule has 1 aliphatic heterocycles. The summed E-state index contributed by atoms with van der Waals surface area (Å²) in [7, 11) is 3.13. The number of nitrogens with zero attached hydrogens (tertiary/aromatic N) is 1. The summed E-state index contributed by atoms with van der Waals surface area (Å²) in [6.07, 6.45) is -0.0731. The van der Waals surface area contributed by atoms with Crippen molar-refractivity contribution >= 4 is 17.4 Å². The molecule has 0 fully saturated rings. The molecule has 1 atom stereocenters. The number of amides is 2. The normalized spacial score (nSPS) is 16.0. The number of carbonyl (C=O) groups excluding carboxylic acids is 1. The van der Waals surface area contributed by atoms with Crippen molar-refractivity contribution in [2.24, 2.45) is 0 Å². The highest BCUT2D eigenvalue weighted by Gasteiger charge is 2.27. The van der Waals surface area contributed by atoms with Crippen LogP contribution in [-0.4, -0.2) is 32.9 Å². The topological polar surface area (TPSA) is 60.0 Å². The third-order valence-corrected chi connectivity index (χ3v) is 3.80. The van der Waals surface area contributed by atoms with Crippen LogP contribution in [0.3, 0.4) is 0 Å². The van der Waals surface area contributed by atoms with Gasteiger partial charge in [0.25, 0.3) is 0 Å². The van der Waals surface area contributed by atoms with Crippen LogP contribution in [0.25, 0.3) is 0 Å². The maximum Gasteiger partial charge on any atom is 0.326 e. The van der Waals surface area contributed by atoms with Crippen LogP contribution in [0.15, 0.2) is 42.5 Å². The molecule has 1 aliphatic rings. The van der Waals surface area contributed by atoms with E-state index in [9.17, 15) is 4.79 Å². The first-order valence-electron chi connectivity index (χ1n) is 7.68. The number of nitrogens with one attached hydrogen (secondary N) is 1. The third-order valence-electron chi connectivity index (χ3n) is 3.80. The Bertz CT molecular complexity index is 748. The van der Waals surface area contributed by atoms with Crippen LogP contribution in [0, 0.1) is 0 Å². The predicted octanol–water partition coefficient (Wildman–Crippen LogP) is 3.52. The molecule has 2 amide bonds. The van der Waals surface area contributed by atoms with Gasteiger partial charge in [0.15, 0.2) is 11.5 Å². The fraction of sp³-hybridized carbons (Fsp3) is 0.278. The van der Waals surface area contributed by atoms with Gasteiger partial charge in [0.05, 0.1) is 26.5 Å². The summed E-state index contributed by atoms with van der Waals surface area (Å²) in [4.78, 5) is 14.4. The molecule has 3 rings (SSSR count). The molecule has 0 radical (unpaired) electrons. The van der Waals surface area contributed by atoms with Gasteiger partial charge >= 0.3 is 6.03 Å². The molecule has 0 unspecified atom stereocenters. The number of para-hydroxylation sites is 2. The molecule has 126 valence electrons. The van der Waals surface area contributed by atoms with Crippen LogP contribution < -0.4 is 24.4 Å². The molecular weight excluding hydrogens is 308 g/mol. The number of hydrogen-bond acceptors (Lipinski definition) is 4. The van der Waals surface area contributed by atoms with E-state index in [2.05, 4.69) is 5.32 Å². The Labute approximate surface area is 140 Å². The van der Waals surface area contributed by atoms with Gasteiger partial charge < -0.3 is 19.5 Å². The highest BCUT2D eigenvalue weighted by atomic mass is 16.5. The minimum absolute atomic E-state index is 0.0731. The Morgan fingerprint density at radius 1 is 1.17 bits per heavy atom. The number of urea groups is 1. The average molecular weight is 328 g/mol. The summed E-state index contributed by atoms with van der Waals surface area (Å²) >= 11 is 0. The number of anilines is 2. The van der Waals surface area contributed by atoms with E-state index in [1.54, 1.807) is 37.3 Å². The van der Waals surface area contributed by atoms with Crippen molar-refractivity contribution in [3.63, 3.8) is 0 Å². The molecule has 0 aliphatic carbocycles. The summed E-state index contributed by atoms with van der Waals surface area (Å²) in [5.41, 5.74) is 1.39. The van der Waals surface area contributed by atoms with E-state index < -0.39 is 0 Å². The highest BCUT2D eigenvalue weighted by molar-refractivity contribution is 6.03. The lowest BCUT2D eigenvalue weighted by Gasteiger charge is -2.33. The van der Waals surface area contributed by atoms with Gasteiger partial charge in [-0.15, -0.1) is 0 Å². The molecule has 0 saturated carbocycles. The number of rotatable bonds is 3. The Balaban J connectivity index is 1.83. The standard InChI is InChI=1S/C18H20N2O4/c1-12-11-20(14-6-4-5-7-15(14)24-12)18(21)19-13-8-9-16(22-2)17(10-13)23-3/h4-10,12H,11H2,1-3H3,(H,19,21)/t12-/m0/s1. The molecule has 6 heteroatoms. The van der Waals surface area contributed by atoms with E-state index in [1.165, 1.54) is 0 Å². The first kappa shape index (κ1) is 16.0. The van der Waals surface area contributed by atoms with Crippen LogP contribution in [0.1, 0.15) is 6.92 Å². The van der Waals surface area contributed by atoms with E-state index in [-0.39, 0.29) is 12.1 Å². The van der Waals surface area contributed by atoms with Crippen molar-refractivity contribution < 1.29 is 19.0 Å². The van der Waals surface area contributed by atoms with Gasteiger partial charge in [-0.2, -0.15) is 0 Å². The molecule has 1 heterocycles. The van der Waals surface area contributed by atoms with Crippen molar-refractivity contribution in [1.82, 2.24) is 0 Å². The lowest BCUT2D eigenvalue weighted by molar-refractivity contribution is 0.208. The molecule has 24 heavy (non-hydrogen) atoms. The molecule has 2 aromatic carbocycles. The van der Waals surface area contributed by atoms with Crippen LogP contribution in [0.2, 0.25) is 0 Å². The zero-order valence-electron chi connectivity index (χ0n) is 13.9. The van der Waals surface area contributed by atoms with E-state index in [0.29, 0.717) is 29.5 Å². The van der Waals surface area contributed by atoms with Gasteiger partial charge in [0, 0.05) is 11.8 Å². The summed E-state index contributed by atoms with van der Waals surface area (Å²) in [6, 6.07) is 12.5. The second-order valence-electron chi connectivity index (χ2n) is 5.51. The average Bonchev–Trinajstić information content (AvgIpc) is 2.60. The summed E-state index contributed by atoms with van der Waals surface area (Å²) in [6.45, 7) is 2.42. The van der Waals surface area contributed by atoms with Crippen LogP contribution in [-0.2, 0) is 0 Å². The van der Waals surface area contributed by atoms with Crippen LogP contribution in [0.4, 0.5) is 16.2 Å². The number of hydrogen-bond donors (Lipinski definition) is 1. The van der Waals surface area contributed by atoms with Gasteiger partial charge in [-0.3, -0.25) is 4.90 Å². The lowest BCUT2D eigenvalue weighted by Crippen LogP contribution is -2.44. The Hall–Kier alpha value is -2.89. The van der Waals surface area contributed by atoms with Gasteiger partial charge in [0.1, 0.15) is 11.9 Å². The van der Waals surface area contributed by atoms with Crippen molar-refractivity contribution in [2.75, 3.05) is 31.0 Å². The number of methoxy groups -OCH3 is 2. The van der Waals surface area contributed by atoms with Crippen molar-refractivity contribution in [1.29, 1.82) is 0 Å². The SMILES string of the molecule is COc1ccc(NC(=O)N2C[C@H](C)Oc3ccccc32)cc1OC. The second kappa shape index (κ2) is 6.70. The quantitative estimate of drug-likeness (QED) is 0.936. The van der Waals surface area contributed by atoms with Crippen LogP contribution in [0.5, 0.6) is 17.2 Å². The first-order chi connectivity index (χ1) is 11.6. The zero-order valence-corrected chi connectivity index (χ0v) is 13.9. The number of carbonyl (C=O) groups is 1. The van der Waals surface area contributed by atoms with E-state index >= 15 is 0 Å². The molecule has 0 bridgehead atoms. The summed E-state index contributed by atoms with van der Waals surface area (Å²) in [5.74, 6) is 1.88. The van der Waals surface area contributed by atoms with Crippen molar-refractivity contribution in [2.45, 2.75) is 13.0 Å². The molecule has 2 aromatic rings. The highest BCUT2D eigenvalue weighted by Crippen LogP contribution is 2.34. The van der Waals surface area contributed by atoms with E-state index in [1.807, 2.05) is 31.2 Å². The minimum atomic E-state index is -0.218. The molecule has 0 saturated heterocycles. The van der Waals surface area contributed by atoms with Gasteiger partial charge in [-0.05, 0) is 31.2 Å². The maximum absolute atomic E-state index is 12.7. The summed E-state index contributed by atoms with van der Waals surface area (Å²) < 4.78 is 16.2. The largest absolute Gasteiger partial charge is 0.493 e. The third kappa shape index (κ3) is 3.08. The van der Waals surface area contributed by atoms with Gasteiger partial charge in [-0.25, -0.2) is 4.79 Å². The van der Waals surface area contributed by atoms with Gasteiger partial charge in [0.2, 0.25) is 0 Å². The number of ether oxygens (including phenoxy) is 3. The monoisotopic (exact) mass is 328 g/mol. The fourth-order valence-corrected chi connectivity index (χ4v) is 2.69. The molecular formula is C18H20N2O4. The molecule has 1 N–H and O–H groups in total. The Kier molecular flexibility index (Phi) is 4.46. The van der Waals surface area contributed by atoms with Gasteiger partial charge in [-0.1, -0.05) is 12.1 Å². The minimum Gasteiger partial charge on any atom is -0.493 e. The van der Waals surface area contributed by atoms with E-state index in [0.717, 1.165) is 5.69 Å². The first-order valence-corrected chi connectivity index (χ1v) is 7.68. The smallest absolute Gasteiger partial charge is 0.326 e. The predicted molar refractivity (Wildman–Crippen MR) is 92.4 cm³/mol. The molecule has 0 aromatic heterocycles.